The maximum absolute atomic E-state index is 11.7. The smallest absolute Gasteiger partial charge is 0.219 e. The third kappa shape index (κ3) is 6.99. The molecule has 1 N–H and O–H groups in total. The van der Waals surface area contributed by atoms with Crippen LogP contribution >= 0.6 is 23.2 Å². The SMILES string of the molecule is CC(=O)N1CCC(C2c3ccc(Cl)cc3CCc3cccnc32)CC1.Clc1ccc2c(c1)CCc1cccnc1C2C1CCNCC1. The fraction of sp³-hybridized carbons (Fsp3) is 0.425. The van der Waals surface area contributed by atoms with Crippen LogP contribution in [0.25, 0.3) is 0 Å². The normalized spacial score (nSPS) is 21.1. The van der Waals surface area contributed by atoms with Crippen molar-refractivity contribution in [3.63, 3.8) is 0 Å². The predicted octanol–water partition coefficient (Wildman–Crippen LogP) is 8.19. The molecule has 2 fully saturated rings. The second kappa shape index (κ2) is 14.5. The summed E-state index contributed by atoms with van der Waals surface area (Å²) in [5, 5.41) is 5.14. The average Bonchev–Trinajstić information content (AvgIpc) is 3.36. The topological polar surface area (TPSA) is 58.1 Å². The van der Waals surface area contributed by atoms with Crippen LogP contribution in [0, 0.1) is 11.8 Å². The number of amides is 1. The van der Waals surface area contributed by atoms with Crippen LogP contribution in [0.1, 0.15) is 89.2 Å². The Labute approximate surface area is 289 Å². The van der Waals surface area contributed by atoms with Gasteiger partial charge in [0.25, 0.3) is 0 Å². The van der Waals surface area contributed by atoms with Crippen molar-refractivity contribution < 1.29 is 4.79 Å². The average molecular weight is 668 g/mol. The third-order valence-electron chi connectivity index (χ3n) is 11.0. The molecule has 4 aromatic rings. The van der Waals surface area contributed by atoms with Crippen LogP contribution in [-0.4, -0.2) is 47.0 Å². The first-order valence-electron chi connectivity index (χ1n) is 17.4. The Bertz CT molecular complexity index is 1730. The van der Waals surface area contributed by atoms with E-state index in [1.165, 1.54) is 57.6 Å². The van der Waals surface area contributed by atoms with Crippen molar-refractivity contribution in [2.24, 2.45) is 11.8 Å². The van der Waals surface area contributed by atoms with E-state index in [2.05, 4.69) is 47.8 Å². The summed E-state index contributed by atoms with van der Waals surface area (Å²) < 4.78 is 0. The van der Waals surface area contributed by atoms with Gasteiger partial charge in [0.2, 0.25) is 5.91 Å². The molecular weight excluding hydrogens is 623 g/mol. The highest BCUT2D eigenvalue weighted by Crippen LogP contribution is 2.44. The number of nitrogens with zero attached hydrogens (tertiary/aromatic N) is 3. The molecule has 2 aliphatic carbocycles. The lowest BCUT2D eigenvalue weighted by molar-refractivity contribution is -0.130. The van der Waals surface area contributed by atoms with E-state index in [9.17, 15) is 4.79 Å². The number of carbonyl (C=O) groups excluding carboxylic acids is 1. The Morgan fingerprint density at radius 1 is 0.681 bits per heavy atom. The monoisotopic (exact) mass is 666 g/mol. The number of hydrogen-bond donors (Lipinski definition) is 1. The second-order valence-corrected chi connectivity index (χ2v) is 14.5. The fourth-order valence-corrected chi connectivity index (χ4v) is 8.98. The molecule has 4 heterocycles. The minimum atomic E-state index is 0.185. The van der Waals surface area contributed by atoms with Crippen molar-refractivity contribution in [3.05, 3.63) is 128 Å². The molecule has 2 aliphatic heterocycles. The van der Waals surface area contributed by atoms with Crippen molar-refractivity contribution in [2.75, 3.05) is 26.2 Å². The van der Waals surface area contributed by atoms with Crippen LogP contribution in [0.15, 0.2) is 73.1 Å². The summed E-state index contributed by atoms with van der Waals surface area (Å²) in [5.74, 6) is 2.10. The van der Waals surface area contributed by atoms with Crippen molar-refractivity contribution >= 4 is 29.1 Å². The molecule has 8 rings (SSSR count). The van der Waals surface area contributed by atoms with E-state index >= 15 is 0 Å². The molecule has 0 radical (unpaired) electrons. The molecule has 1 amide bonds. The standard InChI is InChI=1S/C21H23ClN2O.C19H21ClN2/c1-14(25)24-11-8-15(9-12-24)20-19-7-6-18(22)13-17(19)5-4-16-3-2-10-23-21(16)20;20-16-5-6-17-15(12-16)4-3-14-2-1-9-22-19(14)18(17)13-7-10-21-11-8-13/h2-3,6-7,10,13,15,20H,4-5,8-9,11-12H2,1H3;1-2,5-6,9,12-13,18,21H,3-4,7-8,10-11H2. The highest BCUT2D eigenvalue weighted by Gasteiger charge is 2.35. The number of pyridine rings is 2. The Hall–Kier alpha value is -3.25. The highest BCUT2D eigenvalue weighted by molar-refractivity contribution is 6.31. The van der Waals surface area contributed by atoms with Gasteiger partial charge < -0.3 is 10.2 Å². The number of aryl methyl sites for hydroxylation is 4. The van der Waals surface area contributed by atoms with Crippen LogP contribution < -0.4 is 5.32 Å². The Kier molecular flexibility index (Phi) is 9.95. The van der Waals surface area contributed by atoms with Crippen LogP contribution in [0.4, 0.5) is 0 Å². The number of halogens is 2. The largest absolute Gasteiger partial charge is 0.343 e. The van der Waals surface area contributed by atoms with Gasteiger partial charge in [0, 0.05) is 54.3 Å². The molecule has 2 saturated heterocycles. The third-order valence-corrected chi connectivity index (χ3v) is 11.4. The molecule has 2 atom stereocenters. The molecule has 244 valence electrons. The van der Waals surface area contributed by atoms with Crippen LogP contribution in [-0.2, 0) is 30.5 Å². The van der Waals surface area contributed by atoms with Gasteiger partial charge in [0.1, 0.15) is 0 Å². The molecule has 0 spiro atoms. The van der Waals surface area contributed by atoms with Crippen molar-refractivity contribution in [3.8, 4) is 0 Å². The molecule has 47 heavy (non-hydrogen) atoms. The Balaban J connectivity index is 0.000000151. The first kappa shape index (κ1) is 32.3. The summed E-state index contributed by atoms with van der Waals surface area (Å²) in [7, 11) is 0. The van der Waals surface area contributed by atoms with Crippen molar-refractivity contribution in [1.82, 2.24) is 20.2 Å². The summed E-state index contributed by atoms with van der Waals surface area (Å²) in [4.78, 5) is 23.2. The quantitative estimate of drug-likeness (QED) is 0.234. The molecule has 7 heteroatoms. The number of aromatic nitrogens is 2. The van der Waals surface area contributed by atoms with Gasteiger partial charge in [-0.15, -0.1) is 0 Å². The summed E-state index contributed by atoms with van der Waals surface area (Å²) >= 11 is 12.5. The number of fused-ring (bicyclic) bond motifs is 4. The zero-order chi connectivity index (χ0) is 32.3. The number of nitrogens with one attached hydrogen (secondary N) is 1. The molecule has 2 aromatic carbocycles. The predicted molar refractivity (Wildman–Crippen MR) is 190 cm³/mol. The van der Waals surface area contributed by atoms with E-state index < -0.39 is 0 Å². The van der Waals surface area contributed by atoms with E-state index in [0.717, 1.165) is 74.7 Å². The Morgan fingerprint density at radius 3 is 1.64 bits per heavy atom. The van der Waals surface area contributed by atoms with E-state index in [0.29, 0.717) is 23.7 Å². The van der Waals surface area contributed by atoms with Gasteiger partial charge in [-0.1, -0.05) is 47.5 Å². The fourth-order valence-electron chi connectivity index (χ4n) is 8.59. The maximum Gasteiger partial charge on any atom is 0.219 e. The molecule has 0 bridgehead atoms. The summed E-state index contributed by atoms with van der Waals surface area (Å²) in [6.07, 6.45) is 12.5. The van der Waals surface area contributed by atoms with Gasteiger partial charge in [0.15, 0.2) is 0 Å². The lowest BCUT2D eigenvalue weighted by Crippen LogP contribution is -2.38. The van der Waals surface area contributed by atoms with E-state index in [1.54, 1.807) is 6.92 Å². The molecule has 0 saturated carbocycles. The summed E-state index contributed by atoms with van der Waals surface area (Å²) in [5.41, 5.74) is 10.9. The molecule has 2 aromatic heterocycles. The molecule has 5 nitrogen and oxygen atoms in total. The van der Waals surface area contributed by atoms with Gasteiger partial charge in [-0.2, -0.15) is 0 Å². The van der Waals surface area contributed by atoms with Crippen LogP contribution in [0.5, 0.6) is 0 Å². The second-order valence-electron chi connectivity index (χ2n) is 13.7. The van der Waals surface area contributed by atoms with Crippen LogP contribution in [0.2, 0.25) is 10.0 Å². The van der Waals surface area contributed by atoms with Crippen molar-refractivity contribution in [1.29, 1.82) is 0 Å². The highest BCUT2D eigenvalue weighted by atomic mass is 35.5. The summed E-state index contributed by atoms with van der Waals surface area (Å²) in [6, 6.07) is 21.4. The number of carbonyl (C=O) groups is 1. The minimum absolute atomic E-state index is 0.185. The van der Waals surface area contributed by atoms with Gasteiger partial charge in [-0.3, -0.25) is 14.8 Å². The number of rotatable bonds is 2. The lowest BCUT2D eigenvalue weighted by Gasteiger charge is -2.36. The van der Waals surface area contributed by atoms with Gasteiger partial charge in [-0.05, 0) is 146 Å². The zero-order valence-corrected chi connectivity index (χ0v) is 28.7. The number of piperidine rings is 2. The first-order chi connectivity index (χ1) is 23.0. The number of hydrogen-bond acceptors (Lipinski definition) is 4. The van der Waals surface area contributed by atoms with Crippen molar-refractivity contribution in [2.45, 2.75) is 70.1 Å². The number of benzene rings is 2. The van der Waals surface area contributed by atoms with E-state index in [1.807, 2.05) is 35.5 Å². The van der Waals surface area contributed by atoms with Gasteiger partial charge in [0.05, 0.1) is 11.4 Å². The van der Waals surface area contributed by atoms with E-state index in [-0.39, 0.29) is 5.91 Å². The minimum Gasteiger partial charge on any atom is -0.343 e. The maximum atomic E-state index is 11.7. The molecule has 4 aliphatic rings. The summed E-state index contributed by atoms with van der Waals surface area (Å²) in [6.45, 7) is 5.60. The first-order valence-corrected chi connectivity index (χ1v) is 18.1. The Morgan fingerprint density at radius 2 is 1.15 bits per heavy atom. The van der Waals surface area contributed by atoms with Crippen LogP contribution in [0.3, 0.4) is 0 Å². The van der Waals surface area contributed by atoms with E-state index in [4.69, 9.17) is 33.2 Å². The lowest BCUT2D eigenvalue weighted by atomic mass is 9.76. The molecular formula is C40H44Cl2N4O. The zero-order valence-electron chi connectivity index (χ0n) is 27.2. The number of likely N-dealkylation sites (tertiary alicyclic amines) is 1. The van der Waals surface area contributed by atoms with Gasteiger partial charge in [-0.25, -0.2) is 0 Å². The van der Waals surface area contributed by atoms with Gasteiger partial charge >= 0.3 is 0 Å². The molecule has 2 unspecified atom stereocenters.